The standard InChI is InChI=1S/C10H10F3NO2/c11-5-3-6(10(13)7(12)4-5)8(14)1-2-9(15)16/h3-4,8H,1-2,14H2,(H,15,16). The Balaban J connectivity index is 2.90. The Labute approximate surface area is 89.7 Å². The summed E-state index contributed by atoms with van der Waals surface area (Å²) in [5.41, 5.74) is 5.10. The van der Waals surface area contributed by atoms with E-state index >= 15 is 0 Å². The van der Waals surface area contributed by atoms with Crippen LogP contribution in [0.25, 0.3) is 0 Å². The Morgan fingerprint density at radius 2 is 2.00 bits per heavy atom. The zero-order valence-electron chi connectivity index (χ0n) is 8.21. The summed E-state index contributed by atoms with van der Waals surface area (Å²) in [6.07, 6.45) is -0.381. The van der Waals surface area contributed by atoms with Crippen LogP contribution in [0.3, 0.4) is 0 Å². The summed E-state index contributed by atoms with van der Waals surface area (Å²) in [5.74, 6) is -4.62. The third-order valence-electron chi connectivity index (χ3n) is 2.09. The second-order valence-corrected chi connectivity index (χ2v) is 3.33. The minimum atomic E-state index is -1.33. The highest BCUT2D eigenvalue weighted by Crippen LogP contribution is 2.22. The molecule has 0 radical (unpaired) electrons. The molecule has 1 atom stereocenters. The van der Waals surface area contributed by atoms with Gasteiger partial charge in [0.2, 0.25) is 0 Å². The number of benzene rings is 1. The number of aliphatic carboxylic acids is 1. The summed E-state index contributed by atoms with van der Waals surface area (Å²) in [6, 6.07) is 0.134. The molecule has 1 unspecified atom stereocenters. The molecular formula is C10H10F3NO2. The van der Waals surface area contributed by atoms with Crippen molar-refractivity contribution in [1.29, 1.82) is 0 Å². The van der Waals surface area contributed by atoms with Crippen LogP contribution in [0.15, 0.2) is 12.1 Å². The van der Waals surface area contributed by atoms with Crippen LogP contribution in [-0.4, -0.2) is 11.1 Å². The zero-order valence-corrected chi connectivity index (χ0v) is 8.21. The molecule has 0 aromatic heterocycles. The lowest BCUT2D eigenvalue weighted by Crippen LogP contribution is -2.15. The van der Waals surface area contributed by atoms with Gasteiger partial charge in [0, 0.05) is 24.1 Å². The minimum Gasteiger partial charge on any atom is -0.481 e. The van der Waals surface area contributed by atoms with Crippen molar-refractivity contribution in [3.8, 4) is 0 Å². The molecule has 6 heteroatoms. The first kappa shape index (κ1) is 12.5. The monoisotopic (exact) mass is 233 g/mol. The lowest BCUT2D eigenvalue weighted by Gasteiger charge is -2.12. The van der Waals surface area contributed by atoms with Crippen LogP contribution in [0.2, 0.25) is 0 Å². The second kappa shape index (κ2) is 4.98. The van der Waals surface area contributed by atoms with Gasteiger partial charge < -0.3 is 10.8 Å². The molecule has 0 aliphatic rings. The number of nitrogens with two attached hydrogens (primary N) is 1. The van der Waals surface area contributed by atoms with E-state index in [-0.39, 0.29) is 18.4 Å². The quantitative estimate of drug-likeness (QED) is 0.781. The van der Waals surface area contributed by atoms with E-state index in [0.29, 0.717) is 6.07 Å². The number of carboxylic acids is 1. The Hall–Kier alpha value is -1.56. The highest BCUT2D eigenvalue weighted by Gasteiger charge is 2.17. The fourth-order valence-electron chi connectivity index (χ4n) is 1.28. The van der Waals surface area contributed by atoms with Gasteiger partial charge >= 0.3 is 5.97 Å². The Kier molecular flexibility index (Phi) is 3.89. The van der Waals surface area contributed by atoms with E-state index in [1.165, 1.54) is 0 Å². The predicted octanol–water partition coefficient (Wildman–Crippen LogP) is 1.97. The van der Waals surface area contributed by atoms with Crippen molar-refractivity contribution < 1.29 is 23.1 Å². The molecule has 88 valence electrons. The molecule has 0 bridgehead atoms. The fraction of sp³-hybridized carbons (Fsp3) is 0.300. The van der Waals surface area contributed by atoms with Gasteiger partial charge in [0.15, 0.2) is 11.6 Å². The summed E-state index contributed by atoms with van der Waals surface area (Å²) in [7, 11) is 0. The Morgan fingerprint density at radius 1 is 1.38 bits per heavy atom. The van der Waals surface area contributed by atoms with Crippen molar-refractivity contribution >= 4 is 5.97 Å². The second-order valence-electron chi connectivity index (χ2n) is 3.33. The molecular weight excluding hydrogens is 223 g/mol. The number of hydrogen-bond donors (Lipinski definition) is 2. The number of halogens is 3. The minimum absolute atomic E-state index is 0.0881. The third-order valence-corrected chi connectivity index (χ3v) is 2.09. The van der Waals surface area contributed by atoms with Crippen molar-refractivity contribution in [2.45, 2.75) is 18.9 Å². The van der Waals surface area contributed by atoms with E-state index < -0.39 is 29.5 Å². The highest BCUT2D eigenvalue weighted by molar-refractivity contribution is 5.66. The van der Waals surface area contributed by atoms with Crippen LogP contribution in [0.4, 0.5) is 13.2 Å². The van der Waals surface area contributed by atoms with E-state index in [1.54, 1.807) is 0 Å². The van der Waals surface area contributed by atoms with Gasteiger partial charge in [0.1, 0.15) is 5.82 Å². The largest absolute Gasteiger partial charge is 0.481 e. The van der Waals surface area contributed by atoms with Crippen LogP contribution in [0, 0.1) is 17.5 Å². The van der Waals surface area contributed by atoms with Gasteiger partial charge in [-0.25, -0.2) is 13.2 Å². The molecule has 1 aromatic carbocycles. The van der Waals surface area contributed by atoms with E-state index in [4.69, 9.17) is 10.8 Å². The summed E-state index contributed by atoms with van der Waals surface area (Å²) in [4.78, 5) is 10.3. The van der Waals surface area contributed by atoms with Gasteiger partial charge in [-0.15, -0.1) is 0 Å². The average Bonchev–Trinajstić information content (AvgIpc) is 2.19. The molecule has 0 aliphatic carbocycles. The SMILES string of the molecule is NC(CCC(=O)O)c1cc(F)cc(F)c1F. The molecule has 1 rings (SSSR count). The van der Waals surface area contributed by atoms with Gasteiger partial charge in [0.05, 0.1) is 0 Å². The Morgan fingerprint density at radius 3 is 2.56 bits per heavy atom. The van der Waals surface area contributed by atoms with E-state index in [2.05, 4.69) is 0 Å². The lowest BCUT2D eigenvalue weighted by atomic mass is 10.0. The molecule has 0 saturated carbocycles. The highest BCUT2D eigenvalue weighted by atomic mass is 19.2. The molecule has 0 fully saturated rings. The molecule has 1 aromatic rings. The maximum Gasteiger partial charge on any atom is 0.303 e. The predicted molar refractivity (Wildman–Crippen MR) is 50.1 cm³/mol. The van der Waals surface area contributed by atoms with Gasteiger partial charge in [-0.2, -0.15) is 0 Å². The summed E-state index contributed by atoms with van der Waals surface area (Å²) in [6.45, 7) is 0. The molecule has 3 N–H and O–H groups in total. The first-order chi connectivity index (χ1) is 7.41. The molecule has 0 saturated heterocycles. The zero-order chi connectivity index (χ0) is 12.3. The molecule has 0 spiro atoms. The number of hydrogen-bond acceptors (Lipinski definition) is 2. The summed E-state index contributed by atoms with van der Waals surface area (Å²) < 4.78 is 38.8. The first-order valence-electron chi connectivity index (χ1n) is 4.53. The lowest BCUT2D eigenvalue weighted by molar-refractivity contribution is -0.137. The van der Waals surface area contributed by atoms with E-state index in [9.17, 15) is 18.0 Å². The van der Waals surface area contributed by atoms with E-state index in [0.717, 1.165) is 6.07 Å². The maximum atomic E-state index is 13.2. The molecule has 0 aliphatic heterocycles. The molecule has 3 nitrogen and oxygen atoms in total. The summed E-state index contributed by atoms with van der Waals surface area (Å²) >= 11 is 0. The van der Waals surface area contributed by atoms with Gasteiger partial charge in [-0.3, -0.25) is 4.79 Å². The summed E-state index contributed by atoms with van der Waals surface area (Å²) in [5, 5.41) is 8.39. The van der Waals surface area contributed by atoms with Crippen LogP contribution in [0.5, 0.6) is 0 Å². The topological polar surface area (TPSA) is 63.3 Å². The molecule has 0 amide bonds. The van der Waals surface area contributed by atoms with Crippen LogP contribution >= 0.6 is 0 Å². The van der Waals surface area contributed by atoms with Gasteiger partial charge in [0.25, 0.3) is 0 Å². The number of carboxylic acid groups (broad SMARTS) is 1. The fourth-order valence-corrected chi connectivity index (χ4v) is 1.28. The smallest absolute Gasteiger partial charge is 0.303 e. The van der Waals surface area contributed by atoms with Gasteiger partial charge in [-0.1, -0.05) is 0 Å². The van der Waals surface area contributed by atoms with Crippen molar-refractivity contribution in [1.82, 2.24) is 0 Å². The van der Waals surface area contributed by atoms with Crippen LogP contribution < -0.4 is 5.73 Å². The number of carbonyl (C=O) groups is 1. The average molecular weight is 233 g/mol. The number of rotatable bonds is 4. The van der Waals surface area contributed by atoms with Crippen LogP contribution in [0.1, 0.15) is 24.4 Å². The van der Waals surface area contributed by atoms with E-state index in [1.807, 2.05) is 0 Å². The first-order valence-corrected chi connectivity index (χ1v) is 4.53. The van der Waals surface area contributed by atoms with Crippen molar-refractivity contribution in [2.75, 3.05) is 0 Å². The third kappa shape index (κ3) is 2.96. The maximum absolute atomic E-state index is 13.2. The Bertz CT molecular complexity index is 409. The normalized spacial score (nSPS) is 12.5. The van der Waals surface area contributed by atoms with Gasteiger partial charge in [-0.05, 0) is 12.5 Å². The van der Waals surface area contributed by atoms with Crippen LogP contribution in [-0.2, 0) is 4.79 Å². The molecule has 16 heavy (non-hydrogen) atoms. The van der Waals surface area contributed by atoms with Crippen molar-refractivity contribution in [3.63, 3.8) is 0 Å². The van der Waals surface area contributed by atoms with Crippen molar-refractivity contribution in [3.05, 3.63) is 35.1 Å². The van der Waals surface area contributed by atoms with Crippen molar-refractivity contribution in [2.24, 2.45) is 5.73 Å². The molecule has 0 heterocycles.